The molecule has 1 aliphatic rings. The number of aromatic nitrogens is 2. The second-order valence-corrected chi connectivity index (χ2v) is 7.64. The fourth-order valence-corrected chi connectivity index (χ4v) is 3.69. The monoisotopic (exact) mass is 387 g/mol. The number of benzene rings is 2. The van der Waals surface area contributed by atoms with Crippen molar-refractivity contribution < 1.29 is 4.79 Å². The van der Waals surface area contributed by atoms with Gasteiger partial charge in [0.1, 0.15) is 5.82 Å². The van der Waals surface area contributed by atoms with Crippen LogP contribution in [-0.4, -0.2) is 15.9 Å². The first-order valence-corrected chi connectivity index (χ1v) is 10.1. The molecule has 29 heavy (non-hydrogen) atoms. The van der Waals surface area contributed by atoms with Crippen molar-refractivity contribution in [1.29, 1.82) is 0 Å². The zero-order valence-electron chi connectivity index (χ0n) is 16.5. The van der Waals surface area contributed by atoms with E-state index in [0.717, 1.165) is 24.0 Å². The first-order valence-electron chi connectivity index (χ1n) is 10.1. The molecule has 1 heterocycles. The molecular formula is C24H25N3O2. The van der Waals surface area contributed by atoms with Crippen molar-refractivity contribution in [3.63, 3.8) is 0 Å². The van der Waals surface area contributed by atoms with E-state index >= 15 is 0 Å². The van der Waals surface area contributed by atoms with E-state index in [1.54, 1.807) is 0 Å². The molecule has 1 fully saturated rings. The van der Waals surface area contributed by atoms with Gasteiger partial charge in [0.25, 0.3) is 5.56 Å². The van der Waals surface area contributed by atoms with E-state index in [-0.39, 0.29) is 23.9 Å². The Morgan fingerprint density at radius 3 is 2.38 bits per heavy atom. The number of aromatic amines is 1. The Kier molecular flexibility index (Phi) is 5.56. The third kappa shape index (κ3) is 4.62. The van der Waals surface area contributed by atoms with Gasteiger partial charge in [0.2, 0.25) is 5.91 Å². The molecule has 2 aromatic carbocycles. The molecule has 1 saturated carbocycles. The molecule has 0 saturated heterocycles. The average Bonchev–Trinajstić information content (AvgIpc) is 3.58. The third-order valence-electron chi connectivity index (χ3n) is 5.44. The summed E-state index contributed by atoms with van der Waals surface area (Å²) in [5.74, 6) is 1.04. The molecule has 5 heteroatoms. The highest BCUT2D eigenvalue weighted by Crippen LogP contribution is 2.40. The molecule has 1 aromatic heterocycles. The summed E-state index contributed by atoms with van der Waals surface area (Å²) in [4.78, 5) is 32.6. The van der Waals surface area contributed by atoms with Crippen molar-refractivity contribution in [2.45, 2.75) is 38.6 Å². The Morgan fingerprint density at radius 1 is 1.10 bits per heavy atom. The minimum Gasteiger partial charge on any atom is -0.349 e. The van der Waals surface area contributed by atoms with Gasteiger partial charge in [0.05, 0.1) is 6.04 Å². The van der Waals surface area contributed by atoms with Crippen molar-refractivity contribution in [1.82, 2.24) is 15.3 Å². The number of carbonyl (C=O) groups is 1. The number of hydrogen-bond acceptors (Lipinski definition) is 3. The van der Waals surface area contributed by atoms with Gasteiger partial charge in [0.15, 0.2) is 0 Å². The van der Waals surface area contributed by atoms with Gasteiger partial charge in [0, 0.05) is 23.2 Å². The van der Waals surface area contributed by atoms with Gasteiger partial charge in [-0.05, 0) is 37.7 Å². The predicted molar refractivity (Wildman–Crippen MR) is 113 cm³/mol. The lowest BCUT2D eigenvalue weighted by atomic mass is 10.0. The maximum Gasteiger partial charge on any atom is 0.254 e. The van der Waals surface area contributed by atoms with Gasteiger partial charge in [-0.25, -0.2) is 4.98 Å². The number of hydrogen-bond donors (Lipinski definition) is 2. The van der Waals surface area contributed by atoms with Crippen LogP contribution in [0.3, 0.4) is 0 Å². The fourth-order valence-electron chi connectivity index (χ4n) is 3.69. The normalized spacial score (nSPS) is 14.4. The zero-order chi connectivity index (χ0) is 20.2. The van der Waals surface area contributed by atoms with Gasteiger partial charge in [-0.3, -0.25) is 9.59 Å². The standard InChI is InChI=1S/C24H25N3O2/c1-16-20(24(29)27-23(25-16)19-10-6-3-7-11-19)14-15-21(28)26-22(18-12-13-18)17-8-4-2-5-9-17/h2-11,18,22H,12-15H2,1H3,(H,26,28)(H,25,27,29). The van der Waals surface area contributed by atoms with E-state index in [1.807, 2.05) is 55.5 Å². The molecule has 1 amide bonds. The summed E-state index contributed by atoms with van der Waals surface area (Å²) in [5.41, 5.74) is 3.08. The first-order chi connectivity index (χ1) is 14.1. The Morgan fingerprint density at radius 2 is 1.76 bits per heavy atom. The van der Waals surface area contributed by atoms with Crippen LogP contribution >= 0.6 is 0 Å². The quantitative estimate of drug-likeness (QED) is 0.645. The number of aryl methyl sites for hydroxylation is 1. The van der Waals surface area contributed by atoms with Crippen LogP contribution in [0.15, 0.2) is 65.5 Å². The molecule has 1 atom stereocenters. The summed E-state index contributed by atoms with van der Waals surface area (Å²) in [6.07, 6.45) is 2.93. The van der Waals surface area contributed by atoms with Crippen LogP contribution in [0.1, 0.15) is 42.1 Å². The number of nitrogens with zero attached hydrogens (tertiary/aromatic N) is 1. The van der Waals surface area contributed by atoms with Crippen molar-refractivity contribution >= 4 is 5.91 Å². The summed E-state index contributed by atoms with van der Waals surface area (Å²) in [7, 11) is 0. The molecule has 0 spiro atoms. The number of nitrogens with one attached hydrogen (secondary N) is 2. The second-order valence-electron chi connectivity index (χ2n) is 7.64. The summed E-state index contributed by atoms with van der Waals surface area (Å²) in [6, 6.07) is 19.7. The lowest BCUT2D eigenvalue weighted by Crippen LogP contribution is -2.30. The first kappa shape index (κ1) is 19.1. The Bertz CT molecular complexity index is 1040. The highest BCUT2D eigenvalue weighted by Gasteiger charge is 2.33. The lowest BCUT2D eigenvalue weighted by Gasteiger charge is -2.19. The minimum atomic E-state index is -0.175. The molecule has 2 N–H and O–H groups in total. The van der Waals surface area contributed by atoms with Gasteiger partial charge in [-0.1, -0.05) is 60.7 Å². The SMILES string of the molecule is Cc1nc(-c2ccccc2)[nH]c(=O)c1CCC(=O)NC(c1ccccc1)C1CC1. The number of rotatable bonds is 7. The van der Waals surface area contributed by atoms with Crippen molar-refractivity contribution in [2.24, 2.45) is 5.92 Å². The van der Waals surface area contributed by atoms with Crippen LogP contribution in [0.2, 0.25) is 0 Å². The topological polar surface area (TPSA) is 74.8 Å². The van der Waals surface area contributed by atoms with Gasteiger partial charge < -0.3 is 10.3 Å². The van der Waals surface area contributed by atoms with Crippen LogP contribution in [0.5, 0.6) is 0 Å². The van der Waals surface area contributed by atoms with Gasteiger partial charge in [-0.2, -0.15) is 0 Å². The predicted octanol–water partition coefficient (Wildman–Crippen LogP) is 3.95. The van der Waals surface area contributed by atoms with Crippen LogP contribution in [0.25, 0.3) is 11.4 Å². The number of H-pyrrole nitrogens is 1. The fraction of sp³-hybridized carbons (Fsp3) is 0.292. The summed E-state index contributed by atoms with van der Waals surface area (Å²) >= 11 is 0. The van der Waals surface area contributed by atoms with Gasteiger partial charge in [-0.15, -0.1) is 0 Å². The van der Waals surface area contributed by atoms with E-state index in [4.69, 9.17) is 0 Å². The van der Waals surface area contributed by atoms with E-state index in [9.17, 15) is 9.59 Å². The highest BCUT2D eigenvalue weighted by molar-refractivity contribution is 5.76. The van der Waals surface area contributed by atoms with Crippen LogP contribution < -0.4 is 10.9 Å². The van der Waals surface area contributed by atoms with Crippen molar-refractivity contribution in [3.05, 3.63) is 87.8 Å². The van der Waals surface area contributed by atoms with Crippen LogP contribution in [-0.2, 0) is 11.2 Å². The largest absolute Gasteiger partial charge is 0.349 e. The molecule has 148 valence electrons. The molecule has 3 aromatic rings. The molecule has 0 bridgehead atoms. The smallest absolute Gasteiger partial charge is 0.254 e. The summed E-state index contributed by atoms with van der Waals surface area (Å²) in [6.45, 7) is 1.83. The molecule has 4 rings (SSSR count). The number of amides is 1. The maximum absolute atomic E-state index is 12.6. The maximum atomic E-state index is 12.6. The Balaban J connectivity index is 1.43. The summed E-state index contributed by atoms with van der Waals surface area (Å²) < 4.78 is 0. The Hall–Kier alpha value is -3.21. The third-order valence-corrected chi connectivity index (χ3v) is 5.44. The van der Waals surface area contributed by atoms with E-state index in [2.05, 4.69) is 27.4 Å². The molecule has 1 unspecified atom stereocenters. The van der Waals surface area contributed by atoms with Crippen molar-refractivity contribution in [3.8, 4) is 11.4 Å². The van der Waals surface area contributed by atoms with Crippen LogP contribution in [0.4, 0.5) is 0 Å². The zero-order valence-corrected chi connectivity index (χ0v) is 16.5. The van der Waals surface area contributed by atoms with E-state index in [1.165, 1.54) is 0 Å². The molecule has 1 aliphatic carbocycles. The minimum absolute atomic E-state index is 0.0308. The Labute approximate surface area is 170 Å². The second kappa shape index (κ2) is 8.43. The van der Waals surface area contributed by atoms with Gasteiger partial charge >= 0.3 is 0 Å². The van der Waals surface area contributed by atoms with E-state index < -0.39 is 0 Å². The molecule has 0 aliphatic heterocycles. The molecular weight excluding hydrogens is 362 g/mol. The molecule has 5 nitrogen and oxygen atoms in total. The number of carbonyl (C=O) groups excluding carboxylic acids is 1. The van der Waals surface area contributed by atoms with E-state index in [0.29, 0.717) is 29.4 Å². The lowest BCUT2D eigenvalue weighted by molar-refractivity contribution is -0.122. The summed E-state index contributed by atoms with van der Waals surface area (Å²) in [5, 5.41) is 3.17. The highest BCUT2D eigenvalue weighted by atomic mass is 16.1. The molecule has 0 radical (unpaired) electrons. The van der Waals surface area contributed by atoms with Crippen molar-refractivity contribution in [2.75, 3.05) is 0 Å². The van der Waals surface area contributed by atoms with Crippen LogP contribution in [0, 0.1) is 12.8 Å². The average molecular weight is 387 g/mol.